The summed E-state index contributed by atoms with van der Waals surface area (Å²) in [6, 6.07) is 2.17. The highest BCUT2D eigenvalue weighted by Gasteiger charge is 2.11. The molecule has 0 amide bonds. The van der Waals surface area contributed by atoms with E-state index in [0.29, 0.717) is 17.9 Å². The van der Waals surface area contributed by atoms with Crippen LogP contribution < -0.4 is 5.32 Å². The van der Waals surface area contributed by atoms with Crippen molar-refractivity contribution in [2.24, 2.45) is 7.05 Å². The maximum Gasteiger partial charge on any atom is 0.167 e. The highest BCUT2D eigenvalue weighted by atomic mass is 15.3. The van der Waals surface area contributed by atoms with E-state index in [2.05, 4.69) is 26.7 Å². The molecule has 0 saturated heterocycles. The predicted molar refractivity (Wildman–Crippen MR) is 71.5 cm³/mol. The summed E-state index contributed by atoms with van der Waals surface area (Å²) in [6.45, 7) is 6.25. The Bertz CT molecular complexity index is 650. The first-order valence-electron chi connectivity index (χ1n) is 6.00. The first-order valence-corrected chi connectivity index (χ1v) is 6.00. The van der Waals surface area contributed by atoms with Gasteiger partial charge in [-0.3, -0.25) is 4.68 Å². The lowest BCUT2D eigenvalue weighted by molar-refractivity contribution is 0.756. The monoisotopic (exact) mass is 256 g/mol. The van der Waals surface area contributed by atoms with E-state index < -0.39 is 0 Å². The molecule has 19 heavy (non-hydrogen) atoms. The second kappa shape index (κ2) is 5.06. The minimum Gasteiger partial charge on any atom is -0.363 e. The van der Waals surface area contributed by atoms with Crippen molar-refractivity contribution in [3.63, 3.8) is 0 Å². The maximum absolute atomic E-state index is 9.21. The van der Waals surface area contributed by atoms with E-state index in [9.17, 15) is 5.26 Å². The van der Waals surface area contributed by atoms with E-state index in [1.54, 1.807) is 4.68 Å². The molecule has 0 aliphatic rings. The molecule has 0 spiro atoms. The van der Waals surface area contributed by atoms with Gasteiger partial charge < -0.3 is 5.32 Å². The van der Waals surface area contributed by atoms with Gasteiger partial charge in [0.2, 0.25) is 0 Å². The average molecular weight is 256 g/mol. The van der Waals surface area contributed by atoms with Gasteiger partial charge in [0.05, 0.1) is 11.4 Å². The summed E-state index contributed by atoms with van der Waals surface area (Å²) in [4.78, 5) is 0. The molecule has 6 nitrogen and oxygen atoms in total. The first-order chi connectivity index (χ1) is 9.02. The molecule has 0 saturated carbocycles. The van der Waals surface area contributed by atoms with Crippen molar-refractivity contribution in [2.45, 2.75) is 27.3 Å². The summed E-state index contributed by atoms with van der Waals surface area (Å²) >= 11 is 0. The van der Waals surface area contributed by atoms with Gasteiger partial charge >= 0.3 is 0 Å². The van der Waals surface area contributed by atoms with E-state index >= 15 is 0 Å². The van der Waals surface area contributed by atoms with Crippen molar-refractivity contribution in [1.29, 1.82) is 5.26 Å². The molecule has 2 rings (SSSR count). The van der Waals surface area contributed by atoms with Gasteiger partial charge in [-0.15, -0.1) is 5.10 Å². The van der Waals surface area contributed by atoms with E-state index in [1.807, 2.05) is 34.0 Å². The standard InChI is InChI=1S/C13H16N6/c1-8-9(2)16-17-13(12(8)5-14)15-6-11-7-19(4)18-10(11)3/h7H,6H2,1-4H3,(H,15,17). The third kappa shape index (κ3) is 2.55. The highest BCUT2D eigenvalue weighted by Crippen LogP contribution is 2.18. The van der Waals surface area contributed by atoms with Crippen LogP contribution in [0.4, 0.5) is 5.82 Å². The van der Waals surface area contributed by atoms with Gasteiger partial charge in [-0.25, -0.2) is 0 Å². The van der Waals surface area contributed by atoms with Crippen LogP contribution in [0.2, 0.25) is 0 Å². The van der Waals surface area contributed by atoms with Gasteiger partial charge in [-0.2, -0.15) is 15.5 Å². The molecule has 0 aliphatic carbocycles. The third-order valence-electron chi connectivity index (χ3n) is 3.13. The summed E-state index contributed by atoms with van der Waals surface area (Å²) in [7, 11) is 1.88. The van der Waals surface area contributed by atoms with Crippen LogP contribution in [0.3, 0.4) is 0 Å². The normalized spacial score (nSPS) is 10.3. The van der Waals surface area contributed by atoms with Crippen LogP contribution in [0.5, 0.6) is 0 Å². The zero-order valence-electron chi connectivity index (χ0n) is 11.5. The molecule has 0 aromatic carbocycles. The van der Waals surface area contributed by atoms with Crippen LogP contribution in [0.1, 0.15) is 28.1 Å². The minimum absolute atomic E-state index is 0.522. The number of aromatic nitrogens is 4. The number of nitriles is 1. The van der Waals surface area contributed by atoms with Crippen molar-refractivity contribution in [3.05, 3.63) is 34.3 Å². The number of hydrogen-bond acceptors (Lipinski definition) is 5. The van der Waals surface area contributed by atoms with Crippen molar-refractivity contribution >= 4 is 5.82 Å². The number of hydrogen-bond donors (Lipinski definition) is 1. The largest absolute Gasteiger partial charge is 0.363 e. The summed E-state index contributed by atoms with van der Waals surface area (Å²) < 4.78 is 1.77. The van der Waals surface area contributed by atoms with Crippen LogP contribution in [-0.4, -0.2) is 20.0 Å². The molecule has 2 heterocycles. The van der Waals surface area contributed by atoms with Crippen molar-refractivity contribution in [2.75, 3.05) is 5.32 Å². The number of anilines is 1. The number of nitrogens with zero attached hydrogens (tertiary/aromatic N) is 5. The van der Waals surface area contributed by atoms with Crippen molar-refractivity contribution in [3.8, 4) is 6.07 Å². The molecule has 98 valence electrons. The highest BCUT2D eigenvalue weighted by molar-refractivity contribution is 5.55. The average Bonchev–Trinajstić information content (AvgIpc) is 2.69. The summed E-state index contributed by atoms with van der Waals surface area (Å²) in [5, 5.41) is 24.7. The van der Waals surface area contributed by atoms with Crippen molar-refractivity contribution < 1.29 is 0 Å². The van der Waals surface area contributed by atoms with Gasteiger partial charge in [-0.05, 0) is 26.3 Å². The lowest BCUT2D eigenvalue weighted by atomic mass is 10.1. The Labute approximate surface area is 112 Å². The Hall–Kier alpha value is -2.42. The molecule has 1 N–H and O–H groups in total. The molecule has 0 unspecified atom stereocenters. The number of rotatable bonds is 3. The molecule has 2 aromatic heterocycles. The van der Waals surface area contributed by atoms with Gasteiger partial charge in [0.15, 0.2) is 5.82 Å². The number of nitrogens with one attached hydrogen (secondary N) is 1. The molecule has 0 aliphatic heterocycles. The molecule has 0 bridgehead atoms. The maximum atomic E-state index is 9.21. The van der Waals surface area contributed by atoms with Crippen LogP contribution in [0.25, 0.3) is 0 Å². The molecule has 6 heteroatoms. The van der Waals surface area contributed by atoms with E-state index in [0.717, 1.165) is 22.5 Å². The van der Waals surface area contributed by atoms with E-state index in [1.165, 1.54) is 0 Å². The Morgan fingerprint density at radius 3 is 2.58 bits per heavy atom. The fourth-order valence-corrected chi connectivity index (χ4v) is 1.87. The fourth-order valence-electron chi connectivity index (χ4n) is 1.87. The molecule has 2 aromatic rings. The van der Waals surface area contributed by atoms with Crippen LogP contribution in [0, 0.1) is 32.1 Å². The van der Waals surface area contributed by atoms with Crippen molar-refractivity contribution in [1.82, 2.24) is 20.0 Å². The summed E-state index contributed by atoms with van der Waals surface area (Å²) in [5.74, 6) is 0.522. The predicted octanol–water partition coefficient (Wildman–Crippen LogP) is 1.62. The second-order valence-electron chi connectivity index (χ2n) is 4.51. The van der Waals surface area contributed by atoms with E-state index in [4.69, 9.17) is 0 Å². The zero-order chi connectivity index (χ0) is 14.0. The molecular weight excluding hydrogens is 240 g/mol. The Kier molecular flexibility index (Phi) is 3.47. The van der Waals surface area contributed by atoms with Crippen LogP contribution in [0.15, 0.2) is 6.20 Å². The molecule has 0 fully saturated rings. The summed E-state index contributed by atoms with van der Waals surface area (Å²) in [5.41, 5.74) is 4.23. The van der Waals surface area contributed by atoms with Crippen LogP contribution in [-0.2, 0) is 13.6 Å². The molecule has 0 atom stereocenters. The Balaban J connectivity index is 2.23. The van der Waals surface area contributed by atoms with Crippen LogP contribution >= 0.6 is 0 Å². The quantitative estimate of drug-likeness (QED) is 0.902. The third-order valence-corrected chi connectivity index (χ3v) is 3.13. The second-order valence-corrected chi connectivity index (χ2v) is 4.51. The summed E-state index contributed by atoms with van der Waals surface area (Å²) in [6.07, 6.45) is 1.95. The van der Waals surface area contributed by atoms with Gasteiger partial charge in [0, 0.05) is 25.4 Å². The molecule has 0 radical (unpaired) electrons. The fraction of sp³-hybridized carbons (Fsp3) is 0.385. The van der Waals surface area contributed by atoms with Gasteiger partial charge in [0.25, 0.3) is 0 Å². The topological polar surface area (TPSA) is 79.4 Å². The Morgan fingerprint density at radius 1 is 1.26 bits per heavy atom. The SMILES string of the molecule is Cc1nn(C)cc1CNc1nnc(C)c(C)c1C#N. The lowest BCUT2D eigenvalue weighted by Gasteiger charge is -2.08. The van der Waals surface area contributed by atoms with E-state index in [-0.39, 0.29) is 0 Å². The smallest absolute Gasteiger partial charge is 0.167 e. The number of aryl methyl sites for hydroxylation is 3. The molecular formula is C13H16N6. The zero-order valence-corrected chi connectivity index (χ0v) is 11.5. The first kappa shape index (κ1) is 13.0. The van der Waals surface area contributed by atoms with Gasteiger partial charge in [0.1, 0.15) is 11.6 Å². The van der Waals surface area contributed by atoms with Gasteiger partial charge in [-0.1, -0.05) is 0 Å². The Morgan fingerprint density at radius 2 is 2.00 bits per heavy atom. The minimum atomic E-state index is 0.522. The lowest BCUT2D eigenvalue weighted by Crippen LogP contribution is -2.07.